The third kappa shape index (κ3) is 5.73. The Bertz CT molecular complexity index is 945. The normalized spacial score (nSPS) is 17.0. The summed E-state index contributed by atoms with van der Waals surface area (Å²) in [7, 11) is 0. The second-order valence-corrected chi connectivity index (χ2v) is 9.40. The summed E-state index contributed by atoms with van der Waals surface area (Å²) in [6.07, 6.45) is 0.862. The molecule has 1 aromatic heterocycles. The highest BCUT2D eigenvalue weighted by Crippen LogP contribution is 2.34. The number of hydrogen-bond donors (Lipinski definition) is 1. The third-order valence-corrected chi connectivity index (χ3v) is 6.72. The summed E-state index contributed by atoms with van der Waals surface area (Å²) >= 11 is 1.41. The van der Waals surface area contributed by atoms with E-state index in [0.717, 1.165) is 54.2 Å². The van der Waals surface area contributed by atoms with Gasteiger partial charge in [0.25, 0.3) is 0 Å². The molecule has 0 radical (unpaired) electrons. The number of carbonyl (C=O) groups excluding carboxylic acids is 1. The van der Waals surface area contributed by atoms with Crippen molar-refractivity contribution in [2.45, 2.75) is 44.9 Å². The number of carbonyl (C=O) groups is 1. The Morgan fingerprint density at radius 1 is 1.12 bits per heavy atom. The molecule has 4 rings (SSSR count). The van der Waals surface area contributed by atoms with Crippen LogP contribution in [0.2, 0.25) is 0 Å². The molecule has 10 heteroatoms. The molecule has 1 amide bonds. The molecule has 33 heavy (non-hydrogen) atoms. The molecule has 180 valence electrons. The zero-order valence-corrected chi connectivity index (χ0v) is 20.4. The van der Waals surface area contributed by atoms with Crippen molar-refractivity contribution in [3.63, 3.8) is 0 Å². The van der Waals surface area contributed by atoms with Gasteiger partial charge >= 0.3 is 0 Å². The summed E-state index contributed by atoms with van der Waals surface area (Å²) in [6, 6.07) is 5.81. The number of ether oxygens (including phenoxy) is 3. The number of nitrogens with one attached hydrogen (secondary N) is 1. The van der Waals surface area contributed by atoms with Gasteiger partial charge in [0.1, 0.15) is 0 Å². The Balaban J connectivity index is 1.40. The molecule has 1 N–H and O–H groups in total. The van der Waals surface area contributed by atoms with E-state index in [-0.39, 0.29) is 23.6 Å². The Kier molecular flexibility index (Phi) is 7.97. The fraction of sp³-hybridized carbons (Fsp3) is 0.609. The van der Waals surface area contributed by atoms with Crippen molar-refractivity contribution in [1.29, 1.82) is 0 Å². The van der Waals surface area contributed by atoms with Crippen LogP contribution in [0.3, 0.4) is 0 Å². The van der Waals surface area contributed by atoms with Crippen molar-refractivity contribution in [3.05, 3.63) is 23.8 Å². The molecule has 2 aliphatic rings. The number of aromatic nitrogens is 3. The molecule has 0 aliphatic carbocycles. The zero-order chi connectivity index (χ0) is 23.2. The monoisotopic (exact) mass is 475 g/mol. The lowest BCUT2D eigenvalue weighted by molar-refractivity contribution is -0.119. The summed E-state index contributed by atoms with van der Waals surface area (Å²) < 4.78 is 19.1. The molecule has 2 aromatic rings. The molecular formula is C23H33N5O4S. The minimum Gasteiger partial charge on any atom is -0.490 e. The lowest BCUT2D eigenvalue weighted by Gasteiger charge is -2.27. The minimum atomic E-state index is -0.122. The summed E-state index contributed by atoms with van der Waals surface area (Å²) in [6.45, 7) is 11.3. The Labute approximate surface area is 199 Å². The molecule has 3 heterocycles. The summed E-state index contributed by atoms with van der Waals surface area (Å²) in [5.74, 6) is 2.80. The first kappa shape index (κ1) is 23.7. The Hall–Kier alpha value is -2.46. The van der Waals surface area contributed by atoms with Crippen LogP contribution in [0.15, 0.2) is 23.4 Å². The summed E-state index contributed by atoms with van der Waals surface area (Å²) in [4.78, 5) is 15.1. The van der Waals surface area contributed by atoms with Gasteiger partial charge in [-0.15, -0.1) is 10.2 Å². The van der Waals surface area contributed by atoms with Crippen LogP contribution in [-0.4, -0.2) is 65.9 Å². The van der Waals surface area contributed by atoms with Gasteiger partial charge in [0.15, 0.2) is 16.7 Å². The molecule has 2 aliphatic heterocycles. The second kappa shape index (κ2) is 11.1. The van der Waals surface area contributed by atoms with E-state index < -0.39 is 0 Å². The smallest absolute Gasteiger partial charge is 0.230 e. The highest BCUT2D eigenvalue weighted by molar-refractivity contribution is 7.99. The van der Waals surface area contributed by atoms with Crippen LogP contribution in [0.25, 0.3) is 0 Å². The van der Waals surface area contributed by atoms with Gasteiger partial charge in [-0.05, 0) is 30.5 Å². The van der Waals surface area contributed by atoms with Crippen molar-refractivity contribution < 1.29 is 19.0 Å². The van der Waals surface area contributed by atoms with Crippen LogP contribution >= 0.6 is 11.8 Å². The average Bonchev–Trinajstić information content (AvgIpc) is 3.10. The van der Waals surface area contributed by atoms with Crippen molar-refractivity contribution in [3.8, 4) is 11.5 Å². The summed E-state index contributed by atoms with van der Waals surface area (Å²) in [5.41, 5.74) is 1.01. The molecule has 1 fully saturated rings. The van der Waals surface area contributed by atoms with Crippen LogP contribution in [0.5, 0.6) is 11.5 Å². The predicted molar refractivity (Wildman–Crippen MR) is 127 cm³/mol. The minimum absolute atomic E-state index is 0.0376. The maximum Gasteiger partial charge on any atom is 0.230 e. The molecule has 9 nitrogen and oxygen atoms in total. The van der Waals surface area contributed by atoms with Crippen molar-refractivity contribution in [2.75, 3.05) is 50.2 Å². The third-order valence-electron chi connectivity index (χ3n) is 5.75. The van der Waals surface area contributed by atoms with E-state index in [0.29, 0.717) is 26.4 Å². The largest absolute Gasteiger partial charge is 0.490 e. The van der Waals surface area contributed by atoms with E-state index in [4.69, 9.17) is 14.2 Å². The van der Waals surface area contributed by atoms with Gasteiger partial charge in [-0.3, -0.25) is 9.36 Å². The molecule has 0 spiro atoms. The molecule has 1 atom stereocenters. The van der Waals surface area contributed by atoms with Crippen LogP contribution in [0.1, 0.15) is 38.8 Å². The first-order chi connectivity index (χ1) is 16.1. The predicted octanol–water partition coefficient (Wildman–Crippen LogP) is 2.90. The SMILES string of the molecule is CCn1c(SCC(=O)N[C@@H](c2ccc3c(c2)OCCCO3)C(C)C)nnc1N1CCOCC1. The number of benzene rings is 1. The molecule has 0 saturated carbocycles. The van der Waals surface area contributed by atoms with Crippen LogP contribution in [0, 0.1) is 5.92 Å². The molecule has 0 bridgehead atoms. The van der Waals surface area contributed by atoms with Gasteiger partial charge in [-0.1, -0.05) is 31.7 Å². The average molecular weight is 476 g/mol. The molecule has 1 aromatic carbocycles. The van der Waals surface area contributed by atoms with Crippen LogP contribution < -0.4 is 19.7 Å². The first-order valence-corrected chi connectivity index (χ1v) is 12.6. The van der Waals surface area contributed by atoms with Crippen LogP contribution in [-0.2, 0) is 16.1 Å². The van der Waals surface area contributed by atoms with Crippen molar-refractivity contribution >= 4 is 23.6 Å². The van der Waals surface area contributed by atoms with E-state index in [9.17, 15) is 4.79 Å². The van der Waals surface area contributed by atoms with Crippen molar-refractivity contribution in [2.24, 2.45) is 5.92 Å². The fourth-order valence-corrected chi connectivity index (χ4v) is 4.82. The van der Waals surface area contributed by atoms with Gasteiger partial charge in [0.2, 0.25) is 11.9 Å². The van der Waals surface area contributed by atoms with E-state index in [2.05, 4.69) is 45.8 Å². The van der Waals surface area contributed by atoms with Gasteiger partial charge in [-0.25, -0.2) is 0 Å². The first-order valence-electron chi connectivity index (χ1n) is 11.6. The van der Waals surface area contributed by atoms with Gasteiger partial charge in [0, 0.05) is 26.1 Å². The highest BCUT2D eigenvalue weighted by atomic mass is 32.2. The summed E-state index contributed by atoms with van der Waals surface area (Å²) in [5, 5.41) is 12.7. The fourth-order valence-electron chi connectivity index (χ4n) is 4.02. The molecule has 1 saturated heterocycles. The number of fused-ring (bicyclic) bond motifs is 1. The lowest BCUT2D eigenvalue weighted by Crippen LogP contribution is -2.38. The second-order valence-electron chi connectivity index (χ2n) is 8.46. The quantitative estimate of drug-likeness (QED) is 0.583. The standard InChI is InChI=1S/C23H33N5O4S/c1-4-28-22(27-8-12-30-13-9-27)25-26-23(28)33-15-20(29)24-21(16(2)3)17-6-7-18-19(14-17)32-11-5-10-31-18/h6-7,14,16,21H,4-5,8-13,15H2,1-3H3,(H,24,29)/t21-/m1/s1. The van der Waals surface area contributed by atoms with E-state index in [1.807, 2.05) is 18.2 Å². The van der Waals surface area contributed by atoms with Gasteiger partial charge in [0.05, 0.1) is 38.2 Å². The Morgan fingerprint density at radius 2 is 1.88 bits per heavy atom. The van der Waals surface area contributed by atoms with Gasteiger partial charge < -0.3 is 24.4 Å². The maximum absolute atomic E-state index is 12.9. The van der Waals surface area contributed by atoms with E-state index in [1.54, 1.807) is 0 Å². The zero-order valence-electron chi connectivity index (χ0n) is 19.6. The Morgan fingerprint density at radius 3 is 2.61 bits per heavy atom. The molecule has 0 unspecified atom stereocenters. The van der Waals surface area contributed by atoms with E-state index in [1.165, 1.54) is 11.8 Å². The number of anilines is 1. The number of hydrogen-bond acceptors (Lipinski definition) is 8. The molecular weight excluding hydrogens is 442 g/mol. The number of thioether (sulfide) groups is 1. The van der Waals surface area contributed by atoms with E-state index >= 15 is 0 Å². The number of nitrogens with zero attached hydrogens (tertiary/aromatic N) is 4. The highest BCUT2D eigenvalue weighted by Gasteiger charge is 2.23. The maximum atomic E-state index is 12.9. The number of amides is 1. The van der Waals surface area contributed by atoms with Crippen molar-refractivity contribution in [1.82, 2.24) is 20.1 Å². The topological polar surface area (TPSA) is 90.7 Å². The number of rotatable bonds is 8. The lowest BCUT2D eigenvalue weighted by atomic mass is 9.95. The van der Waals surface area contributed by atoms with Gasteiger partial charge in [-0.2, -0.15) is 0 Å². The van der Waals surface area contributed by atoms with Crippen LogP contribution in [0.4, 0.5) is 5.95 Å². The number of morpholine rings is 1.